The molecule has 0 N–H and O–H groups in total. The highest BCUT2D eigenvalue weighted by atomic mass is 32.2. The van der Waals surface area contributed by atoms with Gasteiger partial charge < -0.3 is 4.74 Å². The maximum Gasteiger partial charge on any atom is 0.266 e. The van der Waals surface area contributed by atoms with Gasteiger partial charge in [0.25, 0.3) is 10.1 Å². The molecule has 1 aliphatic heterocycles. The van der Waals surface area contributed by atoms with Gasteiger partial charge in [0, 0.05) is 11.6 Å². The van der Waals surface area contributed by atoms with Gasteiger partial charge in [-0.2, -0.15) is 13.5 Å². The van der Waals surface area contributed by atoms with Crippen LogP contribution < -0.4 is 0 Å². The second-order valence-corrected chi connectivity index (χ2v) is 6.43. The second kappa shape index (κ2) is 5.07. The van der Waals surface area contributed by atoms with E-state index < -0.39 is 33.6 Å². The zero-order valence-electron chi connectivity index (χ0n) is 11.3. The van der Waals surface area contributed by atoms with Crippen molar-refractivity contribution < 1.29 is 26.1 Å². The highest BCUT2D eigenvalue weighted by molar-refractivity contribution is 7.86. The molecule has 7 nitrogen and oxygen atoms in total. The van der Waals surface area contributed by atoms with E-state index in [1.165, 1.54) is 18.7 Å². The fourth-order valence-electron chi connectivity index (χ4n) is 2.18. The topological polar surface area (TPSA) is 86.6 Å². The minimum Gasteiger partial charge on any atom is -0.359 e. The van der Waals surface area contributed by atoms with E-state index in [0.717, 1.165) is 17.0 Å². The average molecular weight is 331 g/mol. The molecule has 0 bridgehead atoms. The summed E-state index contributed by atoms with van der Waals surface area (Å²) in [6.45, 7) is -0.00437. The van der Waals surface area contributed by atoms with Crippen molar-refractivity contribution in [1.29, 1.82) is 0 Å². The van der Waals surface area contributed by atoms with Crippen LogP contribution in [-0.4, -0.2) is 36.0 Å². The molecule has 2 heterocycles. The Kier molecular flexibility index (Phi) is 3.46. The van der Waals surface area contributed by atoms with Crippen molar-refractivity contribution in [2.75, 3.05) is 12.9 Å². The summed E-state index contributed by atoms with van der Waals surface area (Å²) in [6, 6.07) is 2.94. The van der Waals surface area contributed by atoms with Gasteiger partial charge in [-0.15, -0.1) is 0 Å². The lowest BCUT2D eigenvalue weighted by Gasteiger charge is -2.23. The molecule has 3 rings (SSSR count). The van der Waals surface area contributed by atoms with Crippen LogP contribution in [0, 0.1) is 11.6 Å². The smallest absolute Gasteiger partial charge is 0.266 e. The number of epoxide rings is 1. The van der Waals surface area contributed by atoms with Gasteiger partial charge in [0.1, 0.15) is 24.3 Å². The van der Waals surface area contributed by atoms with Crippen LogP contribution in [0.1, 0.15) is 11.8 Å². The van der Waals surface area contributed by atoms with E-state index in [1.807, 2.05) is 0 Å². The third-order valence-electron chi connectivity index (χ3n) is 3.18. The molecule has 1 aliphatic rings. The molecule has 0 radical (unpaired) electrons. The van der Waals surface area contributed by atoms with E-state index in [0.29, 0.717) is 6.07 Å². The van der Waals surface area contributed by atoms with E-state index >= 15 is 0 Å². The van der Waals surface area contributed by atoms with Crippen molar-refractivity contribution in [2.24, 2.45) is 0 Å². The molecule has 1 aromatic heterocycles. The molecule has 1 saturated heterocycles. The van der Waals surface area contributed by atoms with Crippen LogP contribution in [0.25, 0.3) is 0 Å². The molecule has 1 fully saturated rings. The molecule has 0 aliphatic carbocycles. The third kappa shape index (κ3) is 2.72. The highest BCUT2D eigenvalue weighted by Crippen LogP contribution is 2.49. The van der Waals surface area contributed by atoms with Crippen LogP contribution >= 0.6 is 0 Å². The maximum absolute atomic E-state index is 14.1. The van der Waals surface area contributed by atoms with Gasteiger partial charge in [-0.3, -0.25) is 0 Å². The number of hydrogen-bond acceptors (Lipinski definition) is 6. The molecule has 2 atom stereocenters. The van der Waals surface area contributed by atoms with E-state index in [2.05, 4.69) is 10.1 Å². The molecule has 0 amide bonds. The Balaban J connectivity index is 2.07. The van der Waals surface area contributed by atoms with Gasteiger partial charge in [0.05, 0.1) is 12.9 Å². The summed E-state index contributed by atoms with van der Waals surface area (Å²) in [5.41, 5.74) is -1.42. The van der Waals surface area contributed by atoms with Gasteiger partial charge in [-0.05, 0) is 6.07 Å². The second-order valence-electron chi connectivity index (χ2n) is 4.83. The molecular weight excluding hydrogens is 320 g/mol. The molecule has 10 heteroatoms. The zero-order chi connectivity index (χ0) is 16.0. The summed E-state index contributed by atoms with van der Waals surface area (Å²) in [5.74, 6) is -1.61. The third-order valence-corrected chi connectivity index (χ3v) is 3.72. The van der Waals surface area contributed by atoms with E-state index in [-0.39, 0.29) is 12.2 Å². The first-order valence-corrected chi connectivity index (χ1v) is 7.95. The number of aromatic nitrogens is 3. The van der Waals surface area contributed by atoms with Gasteiger partial charge in [-0.25, -0.2) is 22.6 Å². The number of hydrogen-bond donors (Lipinski definition) is 0. The Bertz CT molecular complexity index is 791. The van der Waals surface area contributed by atoms with Crippen LogP contribution in [0.2, 0.25) is 0 Å². The number of halogens is 2. The lowest BCUT2D eigenvalue weighted by atomic mass is 9.97. The summed E-state index contributed by atoms with van der Waals surface area (Å²) in [6.07, 6.45) is 1.97. The lowest BCUT2D eigenvalue weighted by molar-refractivity contribution is 0.0312. The zero-order valence-corrected chi connectivity index (χ0v) is 12.1. The predicted octanol–water partition coefficient (Wildman–Crippen LogP) is 0.957. The normalized spacial score (nSPS) is 22.5. The van der Waals surface area contributed by atoms with Crippen molar-refractivity contribution in [3.05, 3.63) is 48.1 Å². The van der Waals surface area contributed by atoms with E-state index in [4.69, 9.17) is 8.92 Å². The Morgan fingerprint density at radius 2 is 2.18 bits per heavy atom. The van der Waals surface area contributed by atoms with Gasteiger partial charge >= 0.3 is 0 Å². The summed E-state index contributed by atoms with van der Waals surface area (Å²) in [7, 11) is -3.89. The first-order chi connectivity index (χ1) is 10.3. The fourth-order valence-corrected chi connectivity index (χ4v) is 2.76. The summed E-state index contributed by atoms with van der Waals surface area (Å²) in [5, 5.41) is 3.82. The summed E-state index contributed by atoms with van der Waals surface area (Å²) < 4.78 is 61.5. The average Bonchev–Trinajstić information content (AvgIpc) is 3.01. The van der Waals surface area contributed by atoms with E-state index in [1.54, 1.807) is 0 Å². The molecule has 1 aromatic carbocycles. The SMILES string of the molecule is CS(=O)(=O)OC(n1cncn1)C1(c2ccc(F)cc2F)CO1. The lowest BCUT2D eigenvalue weighted by Crippen LogP contribution is -2.31. The van der Waals surface area contributed by atoms with Crippen molar-refractivity contribution in [3.63, 3.8) is 0 Å². The Labute approximate surface area is 124 Å². The van der Waals surface area contributed by atoms with Crippen LogP contribution in [0.15, 0.2) is 30.9 Å². The van der Waals surface area contributed by atoms with Crippen molar-refractivity contribution in [1.82, 2.24) is 14.8 Å². The quantitative estimate of drug-likeness (QED) is 0.599. The number of benzene rings is 1. The Morgan fingerprint density at radius 3 is 2.68 bits per heavy atom. The van der Waals surface area contributed by atoms with Crippen molar-refractivity contribution in [3.8, 4) is 0 Å². The summed E-state index contributed by atoms with van der Waals surface area (Å²) in [4.78, 5) is 3.71. The van der Waals surface area contributed by atoms with Crippen LogP contribution in [0.4, 0.5) is 8.78 Å². The molecule has 0 spiro atoms. The van der Waals surface area contributed by atoms with E-state index in [9.17, 15) is 17.2 Å². The van der Waals surface area contributed by atoms with Crippen LogP contribution in [-0.2, 0) is 24.6 Å². The van der Waals surface area contributed by atoms with Crippen LogP contribution in [0.3, 0.4) is 0 Å². The molecule has 2 unspecified atom stereocenters. The fraction of sp³-hybridized carbons (Fsp3) is 0.333. The standard InChI is InChI=1S/C12H11F2N3O4S/c1-22(18,19)21-11(17-7-15-6-16-17)12(5-20-12)9-3-2-8(13)4-10(9)14/h2-4,6-7,11H,5H2,1H3. The van der Waals surface area contributed by atoms with Gasteiger partial charge in [0.2, 0.25) is 6.23 Å². The van der Waals surface area contributed by atoms with Crippen molar-refractivity contribution in [2.45, 2.75) is 11.8 Å². The maximum atomic E-state index is 14.1. The number of rotatable bonds is 5. The van der Waals surface area contributed by atoms with Gasteiger partial charge in [-0.1, -0.05) is 6.07 Å². The molecule has 118 valence electrons. The van der Waals surface area contributed by atoms with Crippen molar-refractivity contribution >= 4 is 10.1 Å². The van der Waals surface area contributed by atoms with Gasteiger partial charge in [0.15, 0.2) is 5.60 Å². The first kappa shape index (κ1) is 15.0. The molecule has 0 saturated carbocycles. The minimum atomic E-state index is -3.89. The number of nitrogens with zero attached hydrogens (tertiary/aromatic N) is 3. The minimum absolute atomic E-state index is 0.00437. The molecule has 22 heavy (non-hydrogen) atoms. The Morgan fingerprint density at radius 1 is 1.45 bits per heavy atom. The number of ether oxygens (including phenoxy) is 1. The highest BCUT2D eigenvalue weighted by Gasteiger charge is 2.58. The summed E-state index contributed by atoms with van der Waals surface area (Å²) >= 11 is 0. The monoisotopic (exact) mass is 331 g/mol. The Hall–Kier alpha value is -1.91. The molecule has 2 aromatic rings. The predicted molar refractivity (Wildman–Crippen MR) is 69.0 cm³/mol. The first-order valence-electron chi connectivity index (χ1n) is 6.14. The molecular formula is C12H11F2N3O4S. The van der Waals surface area contributed by atoms with Crippen LogP contribution in [0.5, 0.6) is 0 Å². The largest absolute Gasteiger partial charge is 0.359 e.